The smallest absolute Gasteiger partial charge is 0.337 e. The molecule has 0 atom stereocenters. The van der Waals surface area contributed by atoms with Gasteiger partial charge in [-0.15, -0.1) is 0 Å². The van der Waals surface area contributed by atoms with E-state index in [1.54, 1.807) is 26.4 Å². The third kappa shape index (κ3) is 5.50. The zero-order valence-electron chi connectivity index (χ0n) is 15.1. The molecule has 136 valence electrons. The van der Waals surface area contributed by atoms with Gasteiger partial charge in [-0.1, -0.05) is 42.5 Å². The Bertz CT molecular complexity index is 775. The van der Waals surface area contributed by atoms with Crippen molar-refractivity contribution in [1.29, 1.82) is 0 Å². The zero-order chi connectivity index (χ0) is 18.8. The molecule has 0 heterocycles. The second kappa shape index (κ2) is 10.1. The highest BCUT2D eigenvalue weighted by atomic mass is 16.7. The molecule has 5 nitrogen and oxygen atoms in total. The normalized spacial score (nSPS) is 11.0. The lowest BCUT2D eigenvalue weighted by molar-refractivity contribution is 0.0491. The van der Waals surface area contributed by atoms with Crippen molar-refractivity contribution < 1.29 is 23.7 Å². The summed E-state index contributed by atoms with van der Waals surface area (Å²) in [4.78, 5) is 11.4. The molecule has 0 bridgehead atoms. The van der Waals surface area contributed by atoms with Crippen molar-refractivity contribution in [2.24, 2.45) is 0 Å². The first-order valence-corrected chi connectivity index (χ1v) is 8.01. The number of esters is 1. The standard InChI is InChI=1S/C21H22O5/c1-23-15-26-19-13-10-17(14-20(19)24-2)7-5-4-6-16-8-11-18(12-9-16)21(22)25-3/h4-14H,15H2,1-3H3/b6-4+,7-5+. The average molecular weight is 354 g/mol. The molecule has 0 N–H and O–H groups in total. The zero-order valence-corrected chi connectivity index (χ0v) is 15.1. The first-order chi connectivity index (χ1) is 12.7. The highest BCUT2D eigenvalue weighted by Crippen LogP contribution is 2.28. The van der Waals surface area contributed by atoms with E-state index in [-0.39, 0.29) is 12.8 Å². The fraction of sp³-hybridized carbons (Fsp3) is 0.190. The van der Waals surface area contributed by atoms with Gasteiger partial charge in [0.15, 0.2) is 18.3 Å². The van der Waals surface area contributed by atoms with E-state index in [0.717, 1.165) is 11.1 Å². The predicted molar refractivity (Wildman–Crippen MR) is 101 cm³/mol. The van der Waals surface area contributed by atoms with E-state index in [0.29, 0.717) is 17.1 Å². The second-order valence-electron chi connectivity index (χ2n) is 5.29. The number of benzene rings is 2. The van der Waals surface area contributed by atoms with Crippen LogP contribution in [0.3, 0.4) is 0 Å². The molecule has 0 aliphatic rings. The fourth-order valence-electron chi connectivity index (χ4n) is 2.21. The van der Waals surface area contributed by atoms with Crippen molar-refractivity contribution in [3.05, 3.63) is 71.3 Å². The third-order valence-corrected chi connectivity index (χ3v) is 3.54. The molecule has 5 heteroatoms. The predicted octanol–water partition coefficient (Wildman–Crippen LogP) is 4.19. The van der Waals surface area contributed by atoms with Crippen molar-refractivity contribution in [2.75, 3.05) is 28.1 Å². The van der Waals surface area contributed by atoms with Crippen molar-refractivity contribution in [3.63, 3.8) is 0 Å². The van der Waals surface area contributed by atoms with Crippen molar-refractivity contribution in [1.82, 2.24) is 0 Å². The number of rotatable bonds is 8. The lowest BCUT2D eigenvalue weighted by atomic mass is 10.1. The monoisotopic (exact) mass is 354 g/mol. The molecule has 0 aromatic heterocycles. The fourth-order valence-corrected chi connectivity index (χ4v) is 2.21. The van der Waals surface area contributed by atoms with E-state index in [1.165, 1.54) is 7.11 Å². The van der Waals surface area contributed by atoms with Crippen molar-refractivity contribution >= 4 is 18.1 Å². The molecule has 0 amide bonds. The quantitative estimate of drug-likeness (QED) is 0.404. The third-order valence-electron chi connectivity index (χ3n) is 3.54. The molecule has 0 saturated carbocycles. The Labute approximate surface area is 153 Å². The molecule has 2 rings (SSSR count). The van der Waals surface area contributed by atoms with Crippen molar-refractivity contribution in [3.8, 4) is 11.5 Å². The summed E-state index contributed by atoms with van der Waals surface area (Å²) < 4.78 is 20.3. The van der Waals surface area contributed by atoms with Crippen LogP contribution in [0, 0.1) is 0 Å². The van der Waals surface area contributed by atoms with E-state index in [9.17, 15) is 4.79 Å². The molecule has 0 unspecified atom stereocenters. The van der Waals surface area contributed by atoms with Crippen LogP contribution in [0.4, 0.5) is 0 Å². The van der Waals surface area contributed by atoms with Gasteiger partial charge >= 0.3 is 5.97 Å². The molecule has 0 radical (unpaired) electrons. The maximum atomic E-state index is 11.4. The number of hydrogen-bond donors (Lipinski definition) is 0. The lowest BCUT2D eigenvalue weighted by Gasteiger charge is -2.10. The average Bonchev–Trinajstić information content (AvgIpc) is 2.69. The van der Waals surface area contributed by atoms with Gasteiger partial charge in [-0.3, -0.25) is 0 Å². The van der Waals surface area contributed by atoms with Gasteiger partial charge < -0.3 is 18.9 Å². The summed E-state index contributed by atoms with van der Waals surface area (Å²) in [6.45, 7) is 0.170. The summed E-state index contributed by atoms with van der Waals surface area (Å²) in [5, 5.41) is 0. The van der Waals surface area contributed by atoms with Crippen LogP contribution in [0.5, 0.6) is 11.5 Å². The highest BCUT2D eigenvalue weighted by Gasteiger charge is 2.04. The summed E-state index contributed by atoms with van der Waals surface area (Å²) in [7, 11) is 4.53. The van der Waals surface area contributed by atoms with Gasteiger partial charge in [-0.25, -0.2) is 4.79 Å². The van der Waals surface area contributed by atoms with Crippen LogP contribution in [0.15, 0.2) is 54.6 Å². The molecule has 0 fully saturated rings. The molecule has 0 aliphatic heterocycles. The minimum Gasteiger partial charge on any atom is -0.493 e. The molecule has 0 aliphatic carbocycles. The molecule has 26 heavy (non-hydrogen) atoms. The van der Waals surface area contributed by atoms with Gasteiger partial charge in [-0.05, 0) is 35.4 Å². The maximum Gasteiger partial charge on any atom is 0.337 e. The van der Waals surface area contributed by atoms with Gasteiger partial charge in [0.1, 0.15) is 0 Å². The highest BCUT2D eigenvalue weighted by molar-refractivity contribution is 5.89. The first kappa shape index (κ1) is 19.3. The SMILES string of the molecule is COCOc1ccc(/C=C/C=C/c2ccc(C(=O)OC)cc2)cc1OC. The minimum absolute atomic E-state index is 0.170. The number of ether oxygens (including phenoxy) is 4. The Morgan fingerprint density at radius 2 is 1.54 bits per heavy atom. The topological polar surface area (TPSA) is 54.0 Å². The van der Waals surface area contributed by atoms with Crippen LogP contribution >= 0.6 is 0 Å². The molecular weight excluding hydrogens is 332 g/mol. The van der Waals surface area contributed by atoms with Crippen LogP contribution < -0.4 is 9.47 Å². The van der Waals surface area contributed by atoms with Gasteiger partial charge in [0.25, 0.3) is 0 Å². The maximum absolute atomic E-state index is 11.4. The van der Waals surface area contributed by atoms with Crippen LogP contribution in [0.2, 0.25) is 0 Å². The van der Waals surface area contributed by atoms with Crippen LogP contribution in [-0.4, -0.2) is 34.1 Å². The summed E-state index contributed by atoms with van der Waals surface area (Å²) in [6.07, 6.45) is 7.76. The van der Waals surface area contributed by atoms with Gasteiger partial charge in [0, 0.05) is 7.11 Å². The Morgan fingerprint density at radius 3 is 2.15 bits per heavy atom. The Balaban J connectivity index is 2.01. The number of carbonyl (C=O) groups is 1. The Kier molecular flexibility index (Phi) is 7.46. The minimum atomic E-state index is -0.340. The molecule has 0 saturated heterocycles. The van der Waals surface area contributed by atoms with E-state index in [2.05, 4.69) is 4.74 Å². The van der Waals surface area contributed by atoms with Gasteiger partial charge in [-0.2, -0.15) is 0 Å². The van der Waals surface area contributed by atoms with Crippen LogP contribution in [0.1, 0.15) is 21.5 Å². The number of hydrogen-bond acceptors (Lipinski definition) is 5. The molecule has 2 aromatic carbocycles. The number of carbonyl (C=O) groups excluding carboxylic acids is 1. The Morgan fingerprint density at radius 1 is 0.885 bits per heavy atom. The number of allylic oxidation sites excluding steroid dienone is 2. The van der Waals surface area contributed by atoms with Crippen molar-refractivity contribution in [2.45, 2.75) is 0 Å². The first-order valence-electron chi connectivity index (χ1n) is 8.01. The van der Waals surface area contributed by atoms with E-state index in [1.807, 2.05) is 54.6 Å². The van der Waals surface area contributed by atoms with Gasteiger partial charge in [0.05, 0.1) is 19.8 Å². The summed E-state index contributed by atoms with van der Waals surface area (Å²) in [6, 6.07) is 12.9. The summed E-state index contributed by atoms with van der Waals surface area (Å²) in [5.74, 6) is 0.937. The largest absolute Gasteiger partial charge is 0.493 e. The summed E-state index contributed by atoms with van der Waals surface area (Å²) in [5.41, 5.74) is 2.50. The van der Waals surface area contributed by atoms with E-state index < -0.39 is 0 Å². The van der Waals surface area contributed by atoms with E-state index in [4.69, 9.17) is 14.2 Å². The van der Waals surface area contributed by atoms with Crippen LogP contribution in [0.25, 0.3) is 12.2 Å². The van der Waals surface area contributed by atoms with Gasteiger partial charge in [0.2, 0.25) is 0 Å². The lowest BCUT2D eigenvalue weighted by Crippen LogP contribution is -2.00. The van der Waals surface area contributed by atoms with E-state index >= 15 is 0 Å². The molecule has 0 spiro atoms. The molecule has 2 aromatic rings. The van der Waals surface area contributed by atoms with Crippen LogP contribution in [-0.2, 0) is 9.47 Å². The second-order valence-corrected chi connectivity index (χ2v) is 5.29. The molecular formula is C21H22O5. The number of methoxy groups -OCH3 is 3. The Hall–Kier alpha value is -3.05. The summed E-state index contributed by atoms with van der Waals surface area (Å²) >= 11 is 0.